The van der Waals surface area contributed by atoms with Gasteiger partial charge in [-0.2, -0.15) is 0 Å². The quantitative estimate of drug-likeness (QED) is 0.616. The van der Waals surface area contributed by atoms with Crippen molar-refractivity contribution in [2.75, 3.05) is 0 Å². The molecule has 0 aromatic heterocycles. The summed E-state index contributed by atoms with van der Waals surface area (Å²) >= 11 is 2.14. The number of nitrogens with zero attached hydrogens (tertiary/aromatic N) is 2. The molecule has 1 aliphatic heterocycles. The summed E-state index contributed by atoms with van der Waals surface area (Å²) in [5.74, 6) is -0.356. The Bertz CT molecular complexity index is 352. The number of allylic oxidation sites excluding steroid dienone is 3. The van der Waals surface area contributed by atoms with E-state index < -0.39 is 0 Å². The fourth-order valence-electron chi connectivity index (χ4n) is 1.16. The first kappa shape index (κ1) is 7.85. The maximum absolute atomic E-state index is 11.3. The highest BCUT2D eigenvalue weighted by Crippen LogP contribution is 2.26. The van der Waals surface area contributed by atoms with Gasteiger partial charge in [0, 0.05) is 3.58 Å². The van der Waals surface area contributed by atoms with E-state index in [0.29, 0.717) is 0 Å². The third-order valence-corrected chi connectivity index (χ3v) is 2.72. The molecular weight excluding hydrogens is 267 g/mol. The molecule has 2 aliphatic rings. The first-order valence-electron chi connectivity index (χ1n) is 3.47. The van der Waals surface area contributed by atoms with E-state index in [4.69, 9.17) is 0 Å². The number of hydrogen-bond donors (Lipinski definition) is 0. The number of aliphatic imine (C=N–C) groups is 2. The van der Waals surface area contributed by atoms with Gasteiger partial charge >= 0.3 is 0 Å². The van der Waals surface area contributed by atoms with Crippen molar-refractivity contribution in [1.29, 1.82) is 0 Å². The van der Waals surface area contributed by atoms with Crippen molar-refractivity contribution >= 4 is 40.5 Å². The summed E-state index contributed by atoms with van der Waals surface area (Å²) in [6.07, 6.45) is 6.95. The van der Waals surface area contributed by atoms with Gasteiger partial charge in [0.2, 0.25) is 0 Å². The van der Waals surface area contributed by atoms with Gasteiger partial charge in [-0.3, -0.25) is 4.79 Å². The first-order chi connectivity index (χ1) is 5.79. The lowest BCUT2D eigenvalue weighted by atomic mass is 9.97. The standard InChI is InChI=1S/C8H5IN2O/c9-5-2-1-3-6-7(5)8(12)11-4-10-6/h1-4,7H. The molecule has 3 nitrogen and oxygen atoms in total. The lowest BCUT2D eigenvalue weighted by Crippen LogP contribution is -2.26. The van der Waals surface area contributed by atoms with E-state index in [1.54, 1.807) is 0 Å². The van der Waals surface area contributed by atoms with Gasteiger partial charge in [0.1, 0.15) is 12.3 Å². The van der Waals surface area contributed by atoms with Gasteiger partial charge < -0.3 is 0 Å². The van der Waals surface area contributed by atoms with Gasteiger partial charge in [-0.15, -0.1) is 0 Å². The second-order valence-corrected chi connectivity index (χ2v) is 3.73. The van der Waals surface area contributed by atoms with Crippen molar-refractivity contribution < 1.29 is 4.79 Å². The largest absolute Gasteiger partial charge is 0.271 e. The zero-order valence-corrected chi connectivity index (χ0v) is 8.22. The molecule has 0 radical (unpaired) electrons. The van der Waals surface area contributed by atoms with Crippen molar-refractivity contribution in [3.8, 4) is 0 Å². The molecule has 2 rings (SSSR count). The van der Waals surface area contributed by atoms with Crippen molar-refractivity contribution in [2.24, 2.45) is 15.9 Å². The molecule has 0 saturated carbocycles. The number of carbonyl (C=O) groups is 1. The average Bonchev–Trinajstić information content (AvgIpc) is 2.04. The predicted octanol–water partition coefficient (Wildman–Crippen LogP) is 1.50. The maximum atomic E-state index is 11.3. The Morgan fingerprint density at radius 1 is 1.50 bits per heavy atom. The fraction of sp³-hybridized carbons (Fsp3) is 0.125. The summed E-state index contributed by atoms with van der Waals surface area (Å²) in [4.78, 5) is 18.9. The van der Waals surface area contributed by atoms with Crippen LogP contribution < -0.4 is 0 Å². The number of amides is 1. The molecule has 60 valence electrons. The number of carbonyl (C=O) groups excluding carboxylic acids is 1. The van der Waals surface area contributed by atoms with Crippen molar-refractivity contribution in [3.05, 3.63) is 21.8 Å². The fourth-order valence-corrected chi connectivity index (χ4v) is 1.95. The van der Waals surface area contributed by atoms with Gasteiger partial charge in [0.15, 0.2) is 0 Å². The van der Waals surface area contributed by atoms with Crippen LogP contribution in [0.3, 0.4) is 0 Å². The smallest absolute Gasteiger partial charge is 0.261 e. The van der Waals surface area contributed by atoms with E-state index in [-0.39, 0.29) is 11.8 Å². The van der Waals surface area contributed by atoms with Gasteiger partial charge in [-0.05, 0) is 28.7 Å². The van der Waals surface area contributed by atoms with Crippen LogP contribution in [0.1, 0.15) is 0 Å². The number of hydrogen-bond acceptors (Lipinski definition) is 2. The van der Waals surface area contributed by atoms with E-state index in [1.165, 1.54) is 6.34 Å². The summed E-state index contributed by atoms with van der Waals surface area (Å²) in [5, 5.41) is 0. The Labute approximate surface area is 83.1 Å². The molecule has 0 bridgehead atoms. The van der Waals surface area contributed by atoms with Crippen LogP contribution in [-0.2, 0) is 4.79 Å². The molecule has 1 aliphatic carbocycles. The Hall–Kier alpha value is -0.780. The van der Waals surface area contributed by atoms with Gasteiger partial charge in [0.05, 0.1) is 5.71 Å². The summed E-state index contributed by atoms with van der Waals surface area (Å²) < 4.78 is 0.982. The minimum Gasteiger partial charge on any atom is -0.271 e. The number of halogens is 1. The van der Waals surface area contributed by atoms with Crippen LogP contribution in [0.4, 0.5) is 0 Å². The van der Waals surface area contributed by atoms with Crippen LogP contribution >= 0.6 is 22.6 Å². The van der Waals surface area contributed by atoms with Crippen molar-refractivity contribution in [1.82, 2.24) is 0 Å². The van der Waals surface area contributed by atoms with Crippen LogP contribution in [0.2, 0.25) is 0 Å². The summed E-state index contributed by atoms with van der Waals surface area (Å²) in [6.45, 7) is 0. The SMILES string of the molecule is O=C1N=CN=C2C=CC=C(I)C12. The van der Waals surface area contributed by atoms with Crippen molar-refractivity contribution in [2.45, 2.75) is 0 Å². The molecular formula is C8H5IN2O. The van der Waals surface area contributed by atoms with Gasteiger partial charge in [0.25, 0.3) is 5.91 Å². The van der Waals surface area contributed by atoms with Gasteiger partial charge in [-0.1, -0.05) is 12.2 Å². The number of rotatable bonds is 0. The summed E-state index contributed by atoms with van der Waals surface area (Å²) in [6, 6.07) is 0. The van der Waals surface area contributed by atoms with E-state index in [1.807, 2.05) is 18.2 Å². The minimum absolute atomic E-state index is 0.120. The van der Waals surface area contributed by atoms with E-state index in [0.717, 1.165) is 9.29 Å². The molecule has 0 N–H and O–H groups in total. The van der Waals surface area contributed by atoms with Crippen LogP contribution in [0.25, 0.3) is 0 Å². The lowest BCUT2D eigenvalue weighted by Gasteiger charge is -2.17. The molecule has 1 unspecified atom stereocenters. The van der Waals surface area contributed by atoms with E-state index in [9.17, 15) is 4.79 Å². The third-order valence-electron chi connectivity index (χ3n) is 1.73. The lowest BCUT2D eigenvalue weighted by molar-refractivity contribution is -0.118. The molecule has 1 heterocycles. The summed E-state index contributed by atoms with van der Waals surface area (Å²) in [7, 11) is 0. The summed E-state index contributed by atoms with van der Waals surface area (Å²) in [5.41, 5.74) is 0.793. The van der Waals surface area contributed by atoms with Crippen LogP contribution in [0.15, 0.2) is 31.8 Å². The van der Waals surface area contributed by atoms with Crippen LogP contribution in [0, 0.1) is 5.92 Å². The molecule has 4 heteroatoms. The Kier molecular flexibility index (Phi) is 1.92. The van der Waals surface area contributed by atoms with Crippen molar-refractivity contribution in [3.63, 3.8) is 0 Å². The maximum Gasteiger partial charge on any atom is 0.261 e. The monoisotopic (exact) mass is 272 g/mol. The second-order valence-electron chi connectivity index (χ2n) is 2.48. The Balaban J connectivity index is 2.47. The average molecular weight is 272 g/mol. The number of fused-ring (bicyclic) bond motifs is 1. The van der Waals surface area contributed by atoms with E-state index >= 15 is 0 Å². The Morgan fingerprint density at radius 3 is 3.08 bits per heavy atom. The Morgan fingerprint density at radius 2 is 2.33 bits per heavy atom. The molecule has 0 spiro atoms. The first-order valence-corrected chi connectivity index (χ1v) is 4.55. The highest BCUT2D eigenvalue weighted by Gasteiger charge is 2.28. The highest BCUT2D eigenvalue weighted by molar-refractivity contribution is 14.1. The molecule has 1 atom stereocenters. The molecule has 0 fully saturated rings. The zero-order chi connectivity index (χ0) is 8.55. The van der Waals surface area contributed by atoms with Crippen LogP contribution in [-0.4, -0.2) is 18.0 Å². The second kappa shape index (κ2) is 2.93. The predicted molar refractivity (Wildman–Crippen MR) is 55.7 cm³/mol. The molecule has 0 aromatic rings. The molecule has 0 aromatic carbocycles. The third kappa shape index (κ3) is 1.16. The molecule has 12 heavy (non-hydrogen) atoms. The zero-order valence-electron chi connectivity index (χ0n) is 6.07. The normalized spacial score (nSPS) is 26.4. The van der Waals surface area contributed by atoms with Gasteiger partial charge in [-0.25, -0.2) is 9.98 Å². The molecule has 0 saturated heterocycles. The van der Waals surface area contributed by atoms with Crippen LogP contribution in [0.5, 0.6) is 0 Å². The van der Waals surface area contributed by atoms with E-state index in [2.05, 4.69) is 32.6 Å². The minimum atomic E-state index is -0.236. The topological polar surface area (TPSA) is 41.8 Å². The molecule has 1 amide bonds. The highest BCUT2D eigenvalue weighted by atomic mass is 127.